The number of carbonyl (C=O) groups is 1. The number of imidazole rings is 1. The summed E-state index contributed by atoms with van der Waals surface area (Å²) in [6.07, 6.45) is 1.69. The number of fused-ring (bicyclic) bond motifs is 1. The van der Waals surface area contributed by atoms with Gasteiger partial charge in [-0.1, -0.05) is 13.3 Å². The number of aromatic amines is 1. The minimum absolute atomic E-state index is 0.0885. The molecule has 2 aromatic heterocycles. The number of aryl methyl sites for hydroxylation is 2. The van der Waals surface area contributed by atoms with E-state index < -0.39 is 17.2 Å². The van der Waals surface area contributed by atoms with Gasteiger partial charge in [-0.05, 0) is 60.2 Å². The molecule has 148 valence electrons. The normalized spacial score (nSPS) is 11.1. The van der Waals surface area contributed by atoms with E-state index in [0.29, 0.717) is 35.6 Å². The van der Waals surface area contributed by atoms with Crippen LogP contribution in [-0.4, -0.2) is 25.1 Å². The SMILES string of the molecule is CCCCn1c(=O)[nH]c(=O)c2c1nc(COC(=O)c1ccc(I)cc1)n2CC. The average molecular weight is 496 g/mol. The number of hydrogen-bond donors (Lipinski definition) is 1. The molecule has 0 spiro atoms. The molecule has 0 unspecified atom stereocenters. The van der Waals surface area contributed by atoms with E-state index in [0.717, 1.165) is 16.4 Å². The molecule has 28 heavy (non-hydrogen) atoms. The van der Waals surface area contributed by atoms with E-state index in [2.05, 4.69) is 32.6 Å². The van der Waals surface area contributed by atoms with Crippen LogP contribution in [0.4, 0.5) is 0 Å². The van der Waals surface area contributed by atoms with Gasteiger partial charge >= 0.3 is 11.7 Å². The van der Waals surface area contributed by atoms with Gasteiger partial charge in [0.05, 0.1) is 5.56 Å². The largest absolute Gasteiger partial charge is 0.454 e. The molecule has 1 N–H and O–H groups in total. The zero-order valence-electron chi connectivity index (χ0n) is 15.7. The van der Waals surface area contributed by atoms with Crippen molar-refractivity contribution < 1.29 is 9.53 Å². The third-order valence-corrected chi connectivity index (χ3v) is 5.15. The molecule has 0 saturated carbocycles. The first kappa shape index (κ1) is 20.3. The molecule has 3 rings (SSSR count). The molecule has 8 nitrogen and oxygen atoms in total. The van der Waals surface area contributed by atoms with Gasteiger partial charge in [-0.15, -0.1) is 0 Å². The Morgan fingerprint density at radius 2 is 1.89 bits per heavy atom. The van der Waals surface area contributed by atoms with Crippen molar-refractivity contribution in [2.24, 2.45) is 0 Å². The van der Waals surface area contributed by atoms with E-state index >= 15 is 0 Å². The third kappa shape index (κ3) is 4.03. The van der Waals surface area contributed by atoms with E-state index in [1.807, 2.05) is 26.0 Å². The second-order valence-corrected chi connectivity index (χ2v) is 7.54. The number of nitrogens with zero attached hydrogens (tertiary/aromatic N) is 3. The molecule has 0 atom stereocenters. The van der Waals surface area contributed by atoms with Crippen LogP contribution in [0.1, 0.15) is 42.9 Å². The maximum absolute atomic E-state index is 12.4. The molecule has 0 aliphatic rings. The van der Waals surface area contributed by atoms with Crippen LogP contribution in [0, 0.1) is 3.57 Å². The standard InChI is InChI=1S/C19H21IN4O4/c1-3-5-10-24-16-15(17(25)22-19(24)27)23(4-2)14(21-16)11-28-18(26)12-6-8-13(20)9-7-12/h6-9H,3-5,10-11H2,1-2H3,(H,22,25,27). The summed E-state index contributed by atoms with van der Waals surface area (Å²) in [5.41, 5.74) is 0.117. The van der Waals surface area contributed by atoms with Crippen molar-refractivity contribution in [1.29, 1.82) is 0 Å². The van der Waals surface area contributed by atoms with Gasteiger partial charge in [-0.2, -0.15) is 0 Å². The van der Waals surface area contributed by atoms with E-state index in [1.54, 1.807) is 16.7 Å². The number of ether oxygens (including phenoxy) is 1. The summed E-state index contributed by atoms with van der Waals surface area (Å²) in [6.45, 7) is 4.72. The Morgan fingerprint density at radius 3 is 2.54 bits per heavy atom. The lowest BCUT2D eigenvalue weighted by Crippen LogP contribution is -2.31. The smallest absolute Gasteiger partial charge is 0.338 e. The number of H-pyrrole nitrogens is 1. The van der Waals surface area contributed by atoms with Crippen molar-refractivity contribution in [2.75, 3.05) is 0 Å². The molecule has 0 saturated heterocycles. The molecule has 0 radical (unpaired) electrons. The summed E-state index contributed by atoms with van der Waals surface area (Å²) in [5, 5.41) is 0. The minimum atomic E-state index is -0.489. The Morgan fingerprint density at radius 1 is 1.18 bits per heavy atom. The highest BCUT2D eigenvalue weighted by Gasteiger charge is 2.19. The van der Waals surface area contributed by atoms with Gasteiger partial charge in [0, 0.05) is 16.7 Å². The Labute approximate surface area is 174 Å². The zero-order chi connectivity index (χ0) is 20.3. The maximum Gasteiger partial charge on any atom is 0.338 e. The number of hydrogen-bond acceptors (Lipinski definition) is 5. The number of nitrogens with one attached hydrogen (secondary N) is 1. The van der Waals surface area contributed by atoms with Crippen LogP contribution in [0.3, 0.4) is 0 Å². The molecule has 0 fully saturated rings. The molecule has 3 aromatic rings. The van der Waals surface area contributed by atoms with Crippen molar-refractivity contribution in [3.8, 4) is 0 Å². The molecule has 0 aliphatic carbocycles. The van der Waals surface area contributed by atoms with Crippen LogP contribution < -0.4 is 11.2 Å². The van der Waals surface area contributed by atoms with Gasteiger partial charge in [0.2, 0.25) is 0 Å². The number of esters is 1. The molecule has 0 bridgehead atoms. The topological polar surface area (TPSA) is 99.0 Å². The van der Waals surface area contributed by atoms with Crippen LogP contribution in [0.15, 0.2) is 33.9 Å². The predicted octanol–water partition coefficient (Wildman–Crippen LogP) is 2.67. The Bertz CT molecular complexity index is 1110. The first-order valence-corrected chi connectivity index (χ1v) is 10.2. The number of halogens is 1. The van der Waals surface area contributed by atoms with E-state index in [9.17, 15) is 14.4 Å². The van der Waals surface area contributed by atoms with Gasteiger partial charge in [0.1, 0.15) is 12.4 Å². The van der Waals surface area contributed by atoms with Crippen LogP contribution in [0.5, 0.6) is 0 Å². The van der Waals surface area contributed by atoms with Crippen LogP contribution in [0.25, 0.3) is 11.2 Å². The number of aromatic nitrogens is 4. The highest BCUT2D eigenvalue weighted by atomic mass is 127. The van der Waals surface area contributed by atoms with Gasteiger partial charge in [-0.25, -0.2) is 14.6 Å². The lowest BCUT2D eigenvalue weighted by atomic mass is 10.2. The highest BCUT2D eigenvalue weighted by molar-refractivity contribution is 14.1. The first-order valence-electron chi connectivity index (χ1n) is 9.11. The molecule has 9 heteroatoms. The summed E-state index contributed by atoms with van der Waals surface area (Å²) in [4.78, 5) is 43.7. The Hall–Kier alpha value is -2.43. The van der Waals surface area contributed by atoms with Crippen molar-refractivity contribution in [2.45, 2.75) is 46.4 Å². The number of unbranched alkanes of at least 4 members (excludes halogenated alkanes) is 1. The number of rotatable bonds is 7. The third-order valence-electron chi connectivity index (χ3n) is 4.43. The van der Waals surface area contributed by atoms with E-state index in [1.165, 1.54) is 4.57 Å². The van der Waals surface area contributed by atoms with E-state index in [-0.39, 0.29) is 6.61 Å². The van der Waals surface area contributed by atoms with Gasteiger partial charge in [0.25, 0.3) is 5.56 Å². The summed E-state index contributed by atoms with van der Waals surface area (Å²) in [7, 11) is 0. The van der Waals surface area contributed by atoms with Crippen LogP contribution >= 0.6 is 22.6 Å². The fraction of sp³-hybridized carbons (Fsp3) is 0.368. The first-order chi connectivity index (χ1) is 13.5. The lowest BCUT2D eigenvalue weighted by molar-refractivity contribution is 0.0458. The summed E-state index contributed by atoms with van der Waals surface area (Å²) >= 11 is 2.16. The van der Waals surface area contributed by atoms with Crippen LogP contribution in [-0.2, 0) is 24.4 Å². The predicted molar refractivity (Wildman–Crippen MR) is 113 cm³/mol. The Balaban J connectivity index is 1.95. The Kier molecular flexibility index (Phi) is 6.32. The zero-order valence-corrected chi connectivity index (χ0v) is 17.9. The maximum atomic E-state index is 12.4. The number of benzene rings is 1. The molecule has 1 aromatic carbocycles. The molecule has 0 aliphatic heterocycles. The molecule has 0 amide bonds. The minimum Gasteiger partial charge on any atom is -0.454 e. The lowest BCUT2D eigenvalue weighted by Gasteiger charge is -2.07. The summed E-state index contributed by atoms with van der Waals surface area (Å²) < 4.78 is 9.56. The quantitative estimate of drug-likeness (QED) is 0.401. The second kappa shape index (κ2) is 8.72. The molecular weight excluding hydrogens is 475 g/mol. The fourth-order valence-electron chi connectivity index (χ4n) is 2.99. The van der Waals surface area contributed by atoms with Crippen molar-refractivity contribution >= 4 is 39.7 Å². The van der Waals surface area contributed by atoms with Gasteiger partial charge in [0.15, 0.2) is 11.2 Å². The molecular formula is C19H21IN4O4. The fourth-order valence-corrected chi connectivity index (χ4v) is 3.35. The van der Waals surface area contributed by atoms with Crippen LogP contribution in [0.2, 0.25) is 0 Å². The van der Waals surface area contributed by atoms with Gasteiger partial charge < -0.3 is 9.30 Å². The van der Waals surface area contributed by atoms with E-state index in [4.69, 9.17) is 4.74 Å². The van der Waals surface area contributed by atoms with Crippen molar-refractivity contribution in [3.63, 3.8) is 0 Å². The molecule has 2 heterocycles. The van der Waals surface area contributed by atoms with Crippen molar-refractivity contribution in [3.05, 3.63) is 60.1 Å². The van der Waals surface area contributed by atoms with Crippen molar-refractivity contribution in [1.82, 2.24) is 19.1 Å². The highest BCUT2D eigenvalue weighted by Crippen LogP contribution is 2.14. The van der Waals surface area contributed by atoms with Gasteiger partial charge in [-0.3, -0.25) is 14.3 Å². The monoisotopic (exact) mass is 496 g/mol. The second-order valence-electron chi connectivity index (χ2n) is 6.29. The number of carbonyl (C=O) groups excluding carboxylic acids is 1. The summed E-state index contributed by atoms with van der Waals surface area (Å²) in [5.74, 6) is -0.0406. The average Bonchev–Trinajstić information content (AvgIpc) is 3.05. The summed E-state index contributed by atoms with van der Waals surface area (Å²) in [6, 6.07) is 7.04.